The first-order valence-corrected chi connectivity index (χ1v) is 16.6. The predicted molar refractivity (Wildman–Crippen MR) is 168 cm³/mol. The molecule has 2 saturated carbocycles. The van der Waals surface area contributed by atoms with Crippen LogP contribution >= 0.6 is 0 Å². The van der Waals surface area contributed by atoms with Crippen molar-refractivity contribution < 1.29 is 0 Å². The monoisotopic (exact) mass is 511 g/mol. The van der Waals surface area contributed by atoms with Gasteiger partial charge in [-0.15, -0.1) is 0 Å². The van der Waals surface area contributed by atoms with Gasteiger partial charge in [-0.2, -0.15) is 0 Å². The third-order valence-corrected chi connectivity index (χ3v) is 9.33. The number of hydrogen-bond donors (Lipinski definition) is 0. The molecule has 4 rings (SSSR count). The highest BCUT2D eigenvalue weighted by molar-refractivity contribution is 5.02. The van der Waals surface area contributed by atoms with Gasteiger partial charge in [-0.05, 0) is 94.3 Å². The van der Waals surface area contributed by atoms with Crippen LogP contribution in [-0.4, -0.2) is 48.1 Å². The van der Waals surface area contributed by atoms with E-state index in [1.54, 1.807) is 0 Å². The van der Waals surface area contributed by atoms with Gasteiger partial charge in [0.1, 0.15) is 0 Å². The van der Waals surface area contributed by atoms with Crippen molar-refractivity contribution in [1.29, 1.82) is 0 Å². The van der Waals surface area contributed by atoms with Crippen molar-refractivity contribution in [2.45, 2.75) is 155 Å². The highest BCUT2D eigenvalue weighted by Gasteiger charge is 2.51. The molecule has 0 radical (unpaired) electrons. The van der Waals surface area contributed by atoms with Crippen LogP contribution in [-0.2, 0) is 0 Å². The average molecular weight is 511 g/mol. The van der Waals surface area contributed by atoms with Gasteiger partial charge in [-0.1, -0.05) is 89.5 Å². The molecule has 2 saturated heterocycles. The zero-order chi connectivity index (χ0) is 28.6. The fraction of sp³-hybridized carbons (Fsp3) is 1.00. The summed E-state index contributed by atoms with van der Waals surface area (Å²) >= 11 is 0. The Balaban J connectivity index is 0. The maximum atomic E-state index is 2.70. The lowest BCUT2D eigenvalue weighted by Crippen LogP contribution is -2.34. The molecule has 0 bridgehead atoms. The Morgan fingerprint density at radius 1 is 0.611 bits per heavy atom. The first-order valence-electron chi connectivity index (χ1n) is 16.6. The fourth-order valence-electron chi connectivity index (χ4n) is 7.06. The summed E-state index contributed by atoms with van der Waals surface area (Å²) < 4.78 is 0. The largest absolute Gasteiger partial charge is 0.300 e. The lowest BCUT2D eigenvalue weighted by molar-refractivity contribution is 0.153. The molecular formula is C34H74N2. The van der Waals surface area contributed by atoms with E-state index in [1.807, 2.05) is 55.4 Å². The van der Waals surface area contributed by atoms with Crippen molar-refractivity contribution in [1.82, 2.24) is 9.80 Å². The number of nitrogens with zero attached hydrogens (tertiary/aromatic N) is 2. The van der Waals surface area contributed by atoms with E-state index < -0.39 is 0 Å². The van der Waals surface area contributed by atoms with E-state index in [9.17, 15) is 0 Å². The molecule has 0 aromatic carbocycles. The second kappa shape index (κ2) is 19.9. The fourth-order valence-corrected chi connectivity index (χ4v) is 7.06. The molecule has 0 aromatic heterocycles. The summed E-state index contributed by atoms with van der Waals surface area (Å²) in [5.41, 5.74) is 0.685. The number of rotatable bonds is 4. The molecule has 4 unspecified atom stereocenters. The van der Waals surface area contributed by atoms with Crippen LogP contribution in [0.5, 0.6) is 0 Å². The number of hydrogen-bond acceptors (Lipinski definition) is 2. The molecule has 0 spiro atoms. The zero-order valence-electron chi connectivity index (χ0n) is 28.4. The molecule has 0 N–H and O–H groups in total. The van der Waals surface area contributed by atoms with E-state index in [0.29, 0.717) is 5.41 Å². The minimum absolute atomic E-state index is 0.685. The van der Waals surface area contributed by atoms with E-state index in [2.05, 4.69) is 65.2 Å². The quantitative estimate of drug-likeness (QED) is 0.371. The Morgan fingerprint density at radius 2 is 1.06 bits per heavy atom. The Hall–Kier alpha value is -0.0800. The van der Waals surface area contributed by atoms with Crippen LogP contribution in [0.15, 0.2) is 0 Å². The van der Waals surface area contributed by atoms with Gasteiger partial charge in [0.15, 0.2) is 0 Å². The maximum Gasteiger partial charge on any atom is 0.00464 e. The summed E-state index contributed by atoms with van der Waals surface area (Å²) in [7, 11) is 0. The minimum Gasteiger partial charge on any atom is -0.300 e. The molecule has 0 amide bonds. The highest BCUT2D eigenvalue weighted by Crippen LogP contribution is 2.53. The van der Waals surface area contributed by atoms with Crippen LogP contribution < -0.4 is 0 Å². The summed E-state index contributed by atoms with van der Waals surface area (Å²) in [5.74, 6) is 5.88. The predicted octanol–water partition coefficient (Wildman–Crippen LogP) is 10.3. The Labute approximate surface area is 231 Å². The van der Waals surface area contributed by atoms with Gasteiger partial charge in [0.2, 0.25) is 0 Å². The van der Waals surface area contributed by atoms with E-state index in [1.165, 1.54) is 58.3 Å². The van der Waals surface area contributed by atoms with Gasteiger partial charge in [0, 0.05) is 38.3 Å². The zero-order valence-corrected chi connectivity index (χ0v) is 28.4. The Morgan fingerprint density at radius 3 is 1.39 bits per heavy atom. The molecular weight excluding hydrogens is 436 g/mol. The van der Waals surface area contributed by atoms with E-state index in [-0.39, 0.29) is 0 Å². The summed E-state index contributed by atoms with van der Waals surface area (Å²) in [6, 6.07) is 1.51. The van der Waals surface area contributed by atoms with Crippen LogP contribution in [0, 0.1) is 40.9 Å². The number of likely N-dealkylation sites (tertiary alicyclic amines) is 2. The van der Waals surface area contributed by atoms with Crippen LogP contribution in [0.1, 0.15) is 143 Å². The van der Waals surface area contributed by atoms with Crippen LogP contribution in [0.2, 0.25) is 0 Å². The Bertz CT molecular complexity index is 463. The van der Waals surface area contributed by atoms with Gasteiger partial charge in [0.05, 0.1) is 0 Å². The first-order chi connectivity index (χ1) is 17.1. The summed E-state index contributed by atoms with van der Waals surface area (Å²) in [5, 5.41) is 0. The van der Waals surface area contributed by atoms with E-state index in [4.69, 9.17) is 0 Å². The lowest BCUT2D eigenvalue weighted by atomic mass is 9.72. The minimum atomic E-state index is 0.685. The molecule has 220 valence electrons. The Kier molecular flexibility index (Phi) is 21.1. The second-order valence-electron chi connectivity index (χ2n) is 12.0. The summed E-state index contributed by atoms with van der Waals surface area (Å²) in [4.78, 5) is 5.37. The molecule has 2 nitrogen and oxygen atoms in total. The molecule has 2 heteroatoms. The van der Waals surface area contributed by atoms with Gasteiger partial charge in [-0.3, -0.25) is 0 Å². The van der Waals surface area contributed by atoms with Crippen LogP contribution in [0.4, 0.5) is 0 Å². The SMILES string of the molecule is CC.CC.CC.CC.CC(C)C1CC2CN(C(C)C)CC2C1.CC(C)N1CC2CCCC2(C(C)C)C1. The molecule has 0 aromatic rings. The summed E-state index contributed by atoms with van der Waals surface area (Å²) in [6.45, 7) is 40.5. The second-order valence-corrected chi connectivity index (χ2v) is 12.0. The van der Waals surface area contributed by atoms with Gasteiger partial charge in [0.25, 0.3) is 0 Å². The smallest absolute Gasteiger partial charge is 0.00464 e. The summed E-state index contributed by atoms with van der Waals surface area (Å²) in [6.07, 6.45) is 7.46. The third-order valence-electron chi connectivity index (χ3n) is 9.33. The topological polar surface area (TPSA) is 6.48 Å². The standard InChI is InChI=1S/2C13H25N.4C2H6/c1-9(2)11-5-12-7-14(10(3)4)8-13(12)6-11;1-10(2)13-7-5-6-12(13)8-14(9-13)11(3)4;4*1-2/h9-13H,5-8H2,1-4H3;10-12H,5-9H2,1-4H3;4*1-2H3. The molecule has 2 heterocycles. The maximum absolute atomic E-state index is 2.70. The first kappa shape index (κ1) is 38.1. The third kappa shape index (κ3) is 10.2. The van der Waals surface area contributed by atoms with Crippen molar-refractivity contribution >= 4 is 0 Å². The molecule has 4 aliphatic rings. The van der Waals surface area contributed by atoms with E-state index in [0.717, 1.165) is 47.6 Å². The van der Waals surface area contributed by atoms with E-state index >= 15 is 0 Å². The van der Waals surface area contributed by atoms with Crippen molar-refractivity contribution in [3.8, 4) is 0 Å². The van der Waals surface area contributed by atoms with Gasteiger partial charge < -0.3 is 9.80 Å². The molecule has 2 aliphatic carbocycles. The molecule has 4 fully saturated rings. The lowest BCUT2D eigenvalue weighted by Gasteiger charge is -2.34. The van der Waals surface area contributed by atoms with Gasteiger partial charge in [-0.25, -0.2) is 0 Å². The van der Waals surface area contributed by atoms with Crippen molar-refractivity contribution in [2.75, 3.05) is 26.2 Å². The molecule has 4 atom stereocenters. The van der Waals surface area contributed by atoms with Gasteiger partial charge >= 0.3 is 0 Å². The molecule has 36 heavy (non-hydrogen) atoms. The number of fused-ring (bicyclic) bond motifs is 2. The average Bonchev–Trinajstić information content (AvgIpc) is 3.63. The normalized spacial score (nSPS) is 30.7. The highest BCUT2D eigenvalue weighted by atomic mass is 15.2. The van der Waals surface area contributed by atoms with Crippen molar-refractivity contribution in [2.24, 2.45) is 40.9 Å². The van der Waals surface area contributed by atoms with Crippen molar-refractivity contribution in [3.05, 3.63) is 0 Å². The molecule has 2 aliphatic heterocycles. The van der Waals surface area contributed by atoms with Crippen molar-refractivity contribution in [3.63, 3.8) is 0 Å². The van der Waals surface area contributed by atoms with Crippen LogP contribution in [0.3, 0.4) is 0 Å². The van der Waals surface area contributed by atoms with Crippen LogP contribution in [0.25, 0.3) is 0 Å².